The number of aromatic amines is 1. The second kappa shape index (κ2) is 7.18. The Kier molecular flexibility index (Phi) is 4.53. The van der Waals surface area contributed by atoms with Crippen LogP contribution >= 0.6 is 0 Å². The van der Waals surface area contributed by atoms with Crippen LogP contribution in [-0.2, 0) is 12.1 Å². The van der Waals surface area contributed by atoms with Gasteiger partial charge in [-0.25, -0.2) is 22.7 Å². The number of nitrogens with zero attached hydrogens (tertiary/aromatic N) is 6. The lowest BCUT2D eigenvalue weighted by molar-refractivity contribution is 0.0635. The second-order valence-electron chi connectivity index (χ2n) is 7.96. The predicted octanol–water partition coefficient (Wildman–Crippen LogP) is 3.37. The number of halogens is 3. The maximum atomic E-state index is 14.1. The van der Waals surface area contributed by atoms with Gasteiger partial charge < -0.3 is 14.3 Å². The van der Waals surface area contributed by atoms with Gasteiger partial charge in [-0.3, -0.25) is 4.79 Å². The number of imidazole rings is 1. The fraction of sp³-hybridized carbons (Fsp3) is 0.350. The van der Waals surface area contributed by atoms with Gasteiger partial charge in [-0.15, -0.1) is 10.2 Å². The first-order chi connectivity index (χ1) is 15.2. The highest BCUT2D eigenvalue weighted by Gasteiger charge is 2.39. The maximum Gasteiger partial charge on any atom is 0.312 e. The van der Waals surface area contributed by atoms with Crippen molar-refractivity contribution in [2.45, 2.75) is 38.4 Å². The van der Waals surface area contributed by atoms with Gasteiger partial charge in [0.05, 0.1) is 23.2 Å². The first kappa shape index (κ1) is 20.2. The molecule has 5 rings (SSSR count). The molecule has 1 amide bonds. The summed E-state index contributed by atoms with van der Waals surface area (Å²) in [6.45, 7) is 2.74. The van der Waals surface area contributed by atoms with Crippen LogP contribution in [0.15, 0.2) is 35.0 Å². The number of hydrogen-bond donors (Lipinski definition) is 1. The highest BCUT2D eigenvalue weighted by Crippen LogP contribution is 2.35. The first-order valence-corrected chi connectivity index (χ1v) is 9.87. The molecule has 1 atom stereocenters. The van der Waals surface area contributed by atoms with Gasteiger partial charge in [0.15, 0.2) is 5.67 Å². The number of carbonyl (C=O) groups is 1. The van der Waals surface area contributed by atoms with Gasteiger partial charge in [0.25, 0.3) is 12.3 Å². The van der Waals surface area contributed by atoms with Gasteiger partial charge in [0.1, 0.15) is 11.7 Å². The van der Waals surface area contributed by atoms with Crippen LogP contribution in [-0.4, -0.2) is 47.1 Å². The fourth-order valence-corrected chi connectivity index (χ4v) is 3.82. The third-order valence-electron chi connectivity index (χ3n) is 5.34. The van der Waals surface area contributed by atoms with Crippen molar-refractivity contribution in [3.63, 3.8) is 0 Å². The molecule has 32 heavy (non-hydrogen) atoms. The Morgan fingerprint density at radius 1 is 1.31 bits per heavy atom. The van der Waals surface area contributed by atoms with Gasteiger partial charge in [0.2, 0.25) is 0 Å². The molecule has 0 fully saturated rings. The Balaban J connectivity index is 1.60. The van der Waals surface area contributed by atoms with Crippen LogP contribution < -0.4 is 0 Å². The average molecular weight is 445 g/mol. The zero-order valence-electron chi connectivity index (χ0n) is 17.1. The largest absolute Gasteiger partial charge is 0.413 e. The van der Waals surface area contributed by atoms with Gasteiger partial charge in [-0.05, 0) is 32.0 Å². The molecule has 5 heterocycles. The summed E-state index contributed by atoms with van der Waals surface area (Å²) in [7, 11) is 0. The minimum absolute atomic E-state index is 0.255. The molecule has 4 aromatic rings. The number of aromatic nitrogens is 6. The molecule has 0 bridgehead atoms. The number of amides is 1. The minimum atomic E-state index is -2.72. The van der Waals surface area contributed by atoms with Crippen LogP contribution in [0.1, 0.15) is 65.7 Å². The van der Waals surface area contributed by atoms with Crippen LogP contribution in [0.3, 0.4) is 0 Å². The minimum Gasteiger partial charge on any atom is -0.413 e. The summed E-state index contributed by atoms with van der Waals surface area (Å²) in [5.41, 5.74) is -0.0258. The highest BCUT2D eigenvalue weighted by molar-refractivity contribution is 5.90. The zero-order valence-corrected chi connectivity index (χ0v) is 17.1. The summed E-state index contributed by atoms with van der Waals surface area (Å²) in [5, 5.41) is 11.7. The van der Waals surface area contributed by atoms with Crippen molar-refractivity contribution in [1.82, 2.24) is 34.7 Å². The molecule has 0 aliphatic carbocycles. The summed E-state index contributed by atoms with van der Waals surface area (Å²) in [4.78, 5) is 22.1. The predicted molar refractivity (Wildman–Crippen MR) is 104 cm³/mol. The summed E-state index contributed by atoms with van der Waals surface area (Å²) in [6, 6.07) is 5.31. The number of alkyl halides is 3. The number of carbonyl (C=O) groups excluding carboxylic acids is 1. The maximum absolute atomic E-state index is 14.1. The van der Waals surface area contributed by atoms with Crippen LogP contribution in [0.2, 0.25) is 0 Å². The SMILES string of the molecule is CC(C)(F)c1nnc(C(=O)N2CCc3[nH]cnc3[C@@H]2c2cc3cccc(C(F)F)n3n2)o1. The van der Waals surface area contributed by atoms with Crippen molar-refractivity contribution < 1.29 is 22.4 Å². The molecule has 4 aromatic heterocycles. The lowest BCUT2D eigenvalue weighted by Gasteiger charge is -2.32. The number of rotatable bonds is 4. The first-order valence-electron chi connectivity index (χ1n) is 9.87. The van der Waals surface area contributed by atoms with E-state index in [1.165, 1.54) is 37.2 Å². The van der Waals surface area contributed by atoms with E-state index in [1.54, 1.807) is 12.1 Å². The molecule has 0 unspecified atom stereocenters. The molecule has 0 saturated carbocycles. The van der Waals surface area contributed by atoms with E-state index in [0.717, 1.165) is 10.2 Å². The Labute approximate surface area is 179 Å². The number of pyridine rings is 1. The van der Waals surface area contributed by atoms with E-state index in [-0.39, 0.29) is 24.0 Å². The molecule has 1 aliphatic heterocycles. The molecular weight excluding hydrogens is 427 g/mol. The van der Waals surface area contributed by atoms with E-state index >= 15 is 0 Å². The normalized spacial score (nSPS) is 16.7. The Hall–Kier alpha value is -3.70. The van der Waals surface area contributed by atoms with E-state index < -0.39 is 24.0 Å². The third kappa shape index (κ3) is 3.22. The average Bonchev–Trinajstić information content (AvgIpc) is 3.50. The van der Waals surface area contributed by atoms with Gasteiger partial charge >= 0.3 is 11.8 Å². The van der Waals surface area contributed by atoms with E-state index in [9.17, 15) is 18.0 Å². The zero-order chi connectivity index (χ0) is 22.6. The van der Waals surface area contributed by atoms with Crippen molar-refractivity contribution >= 4 is 11.4 Å². The van der Waals surface area contributed by atoms with E-state index in [2.05, 4.69) is 25.3 Å². The van der Waals surface area contributed by atoms with Gasteiger partial charge in [-0.2, -0.15) is 5.10 Å². The fourth-order valence-electron chi connectivity index (χ4n) is 3.82. The van der Waals surface area contributed by atoms with Crippen LogP contribution in [0.4, 0.5) is 13.2 Å². The summed E-state index contributed by atoms with van der Waals surface area (Å²) < 4.78 is 47.5. The van der Waals surface area contributed by atoms with Crippen molar-refractivity contribution in [2.75, 3.05) is 6.54 Å². The topological polar surface area (TPSA) is 105 Å². The van der Waals surface area contributed by atoms with Gasteiger partial charge in [0, 0.05) is 18.7 Å². The van der Waals surface area contributed by atoms with E-state index in [1.807, 2.05) is 0 Å². The highest BCUT2D eigenvalue weighted by atomic mass is 19.3. The summed E-state index contributed by atoms with van der Waals surface area (Å²) >= 11 is 0. The molecule has 0 saturated heterocycles. The number of nitrogens with one attached hydrogen (secondary N) is 1. The van der Waals surface area contributed by atoms with Crippen LogP contribution in [0.5, 0.6) is 0 Å². The van der Waals surface area contributed by atoms with Crippen LogP contribution in [0.25, 0.3) is 5.52 Å². The molecular formula is C20H18F3N7O2. The number of H-pyrrole nitrogens is 1. The quantitative estimate of drug-likeness (QED) is 0.516. The molecule has 1 N–H and O–H groups in total. The van der Waals surface area contributed by atoms with Crippen LogP contribution in [0, 0.1) is 0 Å². The molecule has 0 spiro atoms. The van der Waals surface area contributed by atoms with Gasteiger partial charge in [-0.1, -0.05) is 6.07 Å². The number of hydrogen-bond acceptors (Lipinski definition) is 6. The van der Waals surface area contributed by atoms with E-state index in [0.29, 0.717) is 23.3 Å². The molecule has 0 aromatic carbocycles. The molecule has 12 heteroatoms. The van der Waals surface area contributed by atoms with Crippen molar-refractivity contribution in [3.05, 3.63) is 65.1 Å². The van der Waals surface area contributed by atoms with E-state index in [4.69, 9.17) is 4.42 Å². The lowest BCUT2D eigenvalue weighted by atomic mass is 9.99. The monoisotopic (exact) mass is 445 g/mol. The molecule has 1 aliphatic rings. The summed E-state index contributed by atoms with van der Waals surface area (Å²) in [6.07, 6.45) is -0.747. The third-order valence-corrected chi connectivity index (χ3v) is 5.34. The second-order valence-corrected chi connectivity index (χ2v) is 7.96. The molecule has 9 nitrogen and oxygen atoms in total. The smallest absolute Gasteiger partial charge is 0.312 e. The lowest BCUT2D eigenvalue weighted by Crippen LogP contribution is -2.41. The molecule has 0 radical (unpaired) electrons. The van der Waals surface area contributed by atoms with Crippen molar-refractivity contribution in [2.24, 2.45) is 0 Å². The van der Waals surface area contributed by atoms with Crippen molar-refractivity contribution in [1.29, 1.82) is 0 Å². The number of fused-ring (bicyclic) bond motifs is 2. The van der Waals surface area contributed by atoms with Crippen molar-refractivity contribution in [3.8, 4) is 0 Å². The Morgan fingerprint density at radius 3 is 2.84 bits per heavy atom. The summed E-state index contributed by atoms with van der Waals surface area (Å²) in [5.74, 6) is -1.31. The Bertz CT molecular complexity index is 1300. The standard InChI is InChI=1S/C20H18F3N7O2/c1-20(2,23)19-27-26-17(32-19)18(31)29-7-6-11-14(25-9-24-11)15(29)12-8-10-4-3-5-13(16(21)22)30(10)28-12/h3-5,8-9,15-16H,6-7H2,1-2H3,(H,24,25)/t15-/m0/s1. The Morgan fingerprint density at radius 2 is 2.12 bits per heavy atom. The molecule has 166 valence electrons.